The molecule has 1 aromatic heterocycles. The molecule has 0 aliphatic carbocycles. The van der Waals surface area contributed by atoms with E-state index in [1.165, 1.54) is 4.90 Å². The van der Waals surface area contributed by atoms with Crippen LogP contribution in [0.5, 0.6) is 5.75 Å². The van der Waals surface area contributed by atoms with Crippen LogP contribution in [-0.2, 0) is 22.5 Å². The molecule has 2 amide bonds. The second kappa shape index (κ2) is 7.34. The van der Waals surface area contributed by atoms with Crippen LogP contribution in [0.3, 0.4) is 0 Å². The molecule has 1 N–H and O–H groups in total. The summed E-state index contributed by atoms with van der Waals surface area (Å²) in [5.41, 5.74) is 1.59. The second-order valence-electron chi connectivity index (χ2n) is 6.50. The van der Waals surface area contributed by atoms with Crippen LogP contribution in [0.25, 0.3) is 0 Å². The normalized spacial score (nSPS) is 18.8. The summed E-state index contributed by atoms with van der Waals surface area (Å²) in [5.74, 6) is 1.01. The van der Waals surface area contributed by atoms with Gasteiger partial charge in [-0.25, -0.2) is 9.59 Å². The molecule has 2 aliphatic heterocycles. The molecule has 0 saturated carbocycles. The summed E-state index contributed by atoms with van der Waals surface area (Å²) in [4.78, 5) is 31.0. The Balaban J connectivity index is 1.69. The van der Waals surface area contributed by atoms with E-state index in [0.29, 0.717) is 40.7 Å². The van der Waals surface area contributed by atoms with Crippen molar-refractivity contribution >= 4 is 12.0 Å². The summed E-state index contributed by atoms with van der Waals surface area (Å²) >= 11 is 0. The maximum Gasteiger partial charge on any atom is 0.338 e. The molecule has 9 heteroatoms. The number of carbonyl (C=O) groups excluding carboxylic acids is 2. The topological polar surface area (TPSA) is 107 Å². The van der Waals surface area contributed by atoms with E-state index in [1.807, 2.05) is 25.1 Å². The third-order valence-corrected chi connectivity index (χ3v) is 4.72. The van der Waals surface area contributed by atoms with Crippen molar-refractivity contribution in [1.82, 2.24) is 20.4 Å². The first-order valence-electron chi connectivity index (χ1n) is 9.05. The summed E-state index contributed by atoms with van der Waals surface area (Å²) in [6.45, 7) is 2.12. The highest BCUT2D eigenvalue weighted by molar-refractivity contribution is 5.97. The molecule has 146 valence electrons. The van der Waals surface area contributed by atoms with Crippen LogP contribution in [0, 0.1) is 0 Å². The van der Waals surface area contributed by atoms with Crippen molar-refractivity contribution in [2.75, 3.05) is 13.7 Å². The number of carbonyl (C=O) groups is 2. The molecule has 2 aliphatic rings. The second-order valence-corrected chi connectivity index (χ2v) is 6.50. The molecule has 3 heterocycles. The molecule has 0 spiro atoms. The summed E-state index contributed by atoms with van der Waals surface area (Å²) < 4.78 is 15.8. The summed E-state index contributed by atoms with van der Waals surface area (Å²) in [7, 11) is 1.54. The van der Waals surface area contributed by atoms with Gasteiger partial charge in [0, 0.05) is 12.0 Å². The Morgan fingerprint density at radius 1 is 1.32 bits per heavy atom. The van der Waals surface area contributed by atoms with E-state index in [1.54, 1.807) is 13.2 Å². The predicted octanol–water partition coefficient (Wildman–Crippen LogP) is 2.11. The monoisotopic (exact) mass is 384 g/mol. The molecule has 0 saturated heterocycles. The first kappa shape index (κ1) is 18.0. The summed E-state index contributed by atoms with van der Waals surface area (Å²) in [6.07, 6.45) is 1.55. The number of nitrogens with zero attached hydrogens (tertiary/aromatic N) is 3. The van der Waals surface area contributed by atoms with E-state index in [0.717, 1.165) is 6.42 Å². The van der Waals surface area contributed by atoms with Gasteiger partial charge in [-0.3, -0.25) is 4.90 Å². The Hall–Kier alpha value is -3.36. The van der Waals surface area contributed by atoms with Gasteiger partial charge in [-0.1, -0.05) is 30.3 Å². The number of para-hydroxylation sites is 1. The molecule has 2 aromatic rings. The van der Waals surface area contributed by atoms with Crippen LogP contribution in [0.15, 0.2) is 40.1 Å². The van der Waals surface area contributed by atoms with Gasteiger partial charge in [-0.05, 0) is 12.5 Å². The smallest absolute Gasteiger partial charge is 0.338 e. The number of urea groups is 1. The average molecular weight is 384 g/mol. The van der Waals surface area contributed by atoms with Gasteiger partial charge >= 0.3 is 12.0 Å². The molecule has 9 nitrogen and oxygen atoms in total. The number of hydrogen-bond donors (Lipinski definition) is 1. The molecule has 28 heavy (non-hydrogen) atoms. The van der Waals surface area contributed by atoms with Crippen LogP contribution in [0.1, 0.15) is 36.7 Å². The Morgan fingerprint density at radius 2 is 2.14 bits per heavy atom. The van der Waals surface area contributed by atoms with Gasteiger partial charge in [0.2, 0.25) is 5.89 Å². The number of methoxy groups -OCH3 is 1. The largest absolute Gasteiger partial charge is 0.496 e. The van der Waals surface area contributed by atoms with Gasteiger partial charge in [0.05, 0.1) is 31.0 Å². The van der Waals surface area contributed by atoms with E-state index < -0.39 is 12.0 Å². The minimum atomic E-state index is -0.647. The highest BCUT2D eigenvalue weighted by Gasteiger charge is 2.43. The van der Waals surface area contributed by atoms with Crippen LogP contribution >= 0.6 is 0 Å². The Labute approximate surface area is 161 Å². The van der Waals surface area contributed by atoms with Crippen molar-refractivity contribution in [3.8, 4) is 5.75 Å². The van der Waals surface area contributed by atoms with E-state index in [4.69, 9.17) is 14.0 Å². The van der Waals surface area contributed by atoms with Gasteiger partial charge in [0.1, 0.15) is 12.4 Å². The molecular formula is C19H20N4O5. The number of aryl methyl sites for hydroxylation is 1. The number of cyclic esters (lactones) is 1. The lowest BCUT2D eigenvalue weighted by atomic mass is 9.95. The fourth-order valence-electron chi connectivity index (χ4n) is 3.43. The lowest BCUT2D eigenvalue weighted by Gasteiger charge is -2.32. The number of hydrogen-bond acceptors (Lipinski definition) is 7. The van der Waals surface area contributed by atoms with Crippen molar-refractivity contribution in [1.29, 1.82) is 0 Å². The molecule has 4 rings (SSSR count). The van der Waals surface area contributed by atoms with Gasteiger partial charge in [0.25, 0.3) is 0 Å². The quantitative estimate of drug-likeness (QED) is 0.760. The molecular weight excluding hydrogens is 364 g/mol. The Kier molecular flexibility index (Phi) is 4.72. The SMILES string of the molecule is CCCc1nc(CN2C(=O)N[C@@H](c3ccccc3OC)C3=C2COC3=O)no1. The lowest BCUT2D eigenvalue weighted by molar-refractivity contribution is -0.136. The maximum absolute atomic E-state index is 12.9. The van der Waals surface area contributed by atoms with Crippen molar-refractivity contribution in [3.05, 3.63) is 52.8 Å². The Morgan fingerprint density at radius 3 is 2.93 bits per heavy atom. The zero-order valence-electron chi connectivity index (χ0n) is 15.6. The van der Waals surface area contributed by atoms with Gasteiger partial charge in [-0.15, -0.1) is 0 Å². The highest BCUT2D eigenvalue weighted by Crippen LogP contribution is 2.38. The van der Waals surface area contributed by atoms with Crippen molar-refractivity contribution in [2.24, 2.45) is 0 Å². The standard InChI is InChI=1S/C19H20N4O5/c1-3-6-15-20-14(22-28-15)9-23-12-10-27-18(24)16(12)17(21-19(23)25)11-7-4-5-8-13(11)26-2/h4-5,7-8,17H,3,6,9-10H2,1-2H3,(H,21,25)/t17-/m0/s1. The number of amides is 2. The minimum absolute atomic E-state index is 0.0207. The lowest BCUT2D eigenvalue weighted by Crippen LogP contribution is -2.47. The van der Waals surface area contributed by atoms with Crippen LogP contribution < -0.4 is 10.1 Å². The van der Waals surface area contributed by atoms with Crippen molar-refractivity contribution in [3.63, 3.8) is 0 Å². The number of esters is 1. The Bertz CT molecular complexity index is 951. The third-order valence-electron chi connectivity index (χ3n) is 4.72. The number of benzene rings is 1. The van der Waals surface area contributed by atoms with E-state index in [9.17, 15) is 9.59 Å². The third kappa shape index (κ3) is 3.08. The van der Waals surface area contributed by atoms with Gasteiger partial charge < -0.3 is 19.3 Å². The first-order valence-corrected chi connectivity index (χ1v) is 9.05. The van der Waals surface area contributed by atoms with E-state index in [2.05, 4.69) is 15.5 Å². The van der Waals surface area contributed by atoms with Crippen molar-refractivity contribution in [2.45, 2.75) is 32.4 Å². The summed E-state index contributed by atoms with van der Waals surface area (Å²) in [6, 6.07) is 6.23. The first-order chi connectivity index (χ1) is 13.6. The zero-order chi connectivity index (χ0) is 19.7. The van der Waals surface area contributed by atoms with Crippen LogP contribution in [0.4, 0.5) is 4.79 Å². The molecule has 0 fully saturated rings. The molecule has 0 unspecified atom stereocenters. The van der Waals surface area contributed by atoms with Crippen LogP contribution in [-0.4, -0.2) is 40.8 Å². The molecule has 1 atom stereocenters. The highest BCUT2D eigenvalue weighted by atomic mass is 16.5. The van der Waals surface area contributed by atoms with E-state index >= 15 is 0 Å². The number of ether oxygens (including phenoxy) is 2. The number of nitrogens with one attached hydrogen (secondary N) is 1. The average Bonchev–Trinajstić information content (AvgIpc) is 3.31. The van der Waals surface area contributed by atoms with Gasteiger partial charge in [-0.2, -0.15) is 4.98 Å². The fourth-order valence-corrected chi connectivity index (χ4v) is 3.43. The maximum atomic E-state index is 12.9. The molecule has 0 bridgehead atoms. The predicted molar refractivity (Wildman–Crippen MR) is 96.1 cm³/mol. The molecule has 1 aromatic carbocycles. The van der Waals surface area contributed by atoms with E-state index in [-0.39, 0.29) is 19.2 Å². The minimum Gasteiger partial charge on any atom is -0.496 e. The van der Waals surface area contributed by atoms with Crippen LogP contribution in [0.2, 0.25) is 0 Å². The fraction of sp³-hybridized carbons (Fsp3) is 0.368. The summed E-state index contributed by atoms with van der Waals surface area (Å²) in [5, 5.41) is 6.80. The number of aromatic nitrogens is 2. The molecule has 0 radical (unpaired) electrons. The zero-order valence-corrected chi connectivity index (χ0v) is 15.6. The number of rotatable bonds is 6. The van der Waals surface area contributed by atoms with Crippen molar-refractivity contribution < 1.29 is 23.6 Å². The van der Waals surface area contributed by atoms with Gasteiger partial charge in [0.15, 0.2) is 5.82 Å².